The molecule has 122 valence electrons. The largest absolute Gasteiger partial charge is 0.411 e. The van der Waals surface area contributed by atoms with Crippen LogP contribution < -0.4 is 5.32 Å². The van der Waals surface area contributed by atoms with E-state index in [0.717, 1.165) is 12.0 Å². The maximum Gasteiger partial charge on any atom is 0.277 e. The normalized spacial score (nSPS) is 10.5. The summed E-state index contributed by atoms with van der Waals surface area (Å²) in [7, 11) is 0. The molecule has 0 saturated carbocycles. The van der Waals surface area contributed by atoms with E-state index >= 15 is 0 Å². The Morgan fingerprint density at radius 2 is 1.88 bits per heavy atom. The Hall–Kier alpha value is -2.67. The fraction of sp³-hybridized carbons (Fsp3) is 0.176. The molecular weight excluding hydrogens is 324 g/mol. The summed E-state index contributed by atoms with van der Waals surface area (Å²) in [6.07, 6.45) is 4.13. The van der Waals surface area contributed by atoms with E-state index in [1.54, 1.807) is 24.5 Å². The lowest BCUT2D eigenvalue weighted by Crippen LogP contribution is -2.27. The van der Waals surface area contributed by atoms with Crippen LogP contribution in [0, 0.1) is 0 Å². The third kappa shape index (κ3) is 4.66. The molecule has 2 aromatic heterocycles. The van der Waals surface area contributed by atoms with Gasteiger partial charge in [-0.3, -0.25) is 9.78 Å². The second kappa shape index (κ2) is 8.26. The molecule has 0 unspecified atom stereocenters. The van der Waals surface area contributed by atoms with Crippen molar-refractivity contribution in [3.05, 3.63) is 60.4 Å². The first-order valence-electron chi connectivity index (χ1n) is 7.48. The lowest BCUT2D eigenvalue weighted by Gasteiger charge is -2.04. The highest BCUT2D eigenvalue weighted by atomic mass is 32.2. The van der Waals surface area contributed by atoms with Gasteiger partial charge < -0.3 is 9.73 Å². The number of nitrogens with zero attached hydrogens (tertiary/aromatic N) is 3. The number of pyridine rings is 1. The summed E-state index contributed by atoms with van der Waals surface area (Å²) in [5, 5.41) is 11.2. The summed E-state index contributed by atoms with van der Waals surface area (Å²) in [5.74, 6) is 0.608. The zero-order valence-electron chi connectivity index (χ0n) is 12.9. The van der Waals surface area contributed by atoms with Crippen molar-refractivity contribution < 1.29 is 9.21 Å². The molecule has 24 heavy (non-hydrogen) atoms. The molecule has 1 amide bonds. The Morgan fingerprint density at radius 3 is 2.67 bits per heavy atom. The molecule has 1 N–H and O–H groups in total. The fourth-order valence-corrected chi connectivity index (χ4v) is 2.64. The Bertz CT molecular complexity index is 778. The van der Waals surface area contributed by atoms with Gasteiger partial charge in [0.2, 0.25) is 11.8 Å². The smallest absolute Gasteiger partial charge is 0.277 e. The van der Waals surface area contributed by atoms with Gasteiger partial charge in [-0.1, -0.05) is 42.1 Å². The van der Waals surface area contributed by atoms with Crippen LogP contribution in [0.1, 0.15) is 5.56 Å². The highest BCUT2D eigenvalue weighted by Crippen LogP contribution is 2.22. The number of carbonyl (C=O) groups excluding carboxylic acids is 1. The molecular formula is C17H16N4O2S. The number of hydrogen-bond acceptors (Lipinski definition) is 6. The van der Waals surface area contributed by atoms with Gasteiger partial charge in [0.15, 0.2) is 0 Å². The Kier molecular flexibility index (Phi) is 5.57. The molecule has 0 aliphatic heterocycles. The van der Waals surface area contributed by atoms with Crippen LogP contribution in [-0.2, 0) is 11.2 Å². The lowest BCUT2D eigenvalue weighted by atomic mass is 10.1. The molecule has 0 saturated heterocycles. The SMILES string of the molecule is O=C(CSc1nnc(-c2ccncc2)o1)NCCc1ccccc1. The second-order valence-corrected chi connectivity index (χ2v) is 5.91. The maximum atomic E-state index is 11.9. The molecule has 0 bridgehead atoms. The number of aromatic nitrogens is 3. The first-order chi connectivity index (χ1) is 11.8. The first kappa shape index (κ1) is 16.2. The number of carbonyl (C=O) groups is 1. The number of benzene rings is 1. The average molecular weight is 340 g/mol. The van der Waals surface area contributed by atoms with Crippen LogP contribution in [0.4, 0.5) is 0 Å². The van der Waals surface area contributed by atoms with E-state index < -0.39 is 0 Å². The number of hydrogen-bond donors (Lipinski definition) is 1. The minimum atomic E-state index is -0.0559. The molecule has 0 fully saturated rings. The van der Waals surface area contributed by atoms with E-state index in [-0.39, 0.29) is 11.7 Å². The summed E-state index contributed by atoms with van der Waals surface area (Å²) in [5.41, 5.74) is 2.00. The molecule has 6 nitrogen and oxygen atoms in total. The predicted octanol–water partition coefficient (Wildman–Crippen LogP) is 2.58. The molecule has 0 aliphatic rings. The minimum Gasteiger partial charge on any atom is -0.411 e. The molecule has 0 radical (unpaired) electrons. The summed E-state index contributed by atoms with van der Waals surface area (Å²) in [6.45, 7) is 0.607. The summed E-state index contributed by atoms with van der Waals surface area (Å²) in [4.78, 5) is 15.8. The molecule has 0 aliphatic carbocycles. The summed E-state index contributed by atoms with van der Waals surface area (Å²) >= 11 is 1.22. The Morgan fingerprint density at radius 1 is 1.08 bits per heavy atom. The quantitative estimate of drug-likeness (QED) is 0.666. The number of rotatable bonds is 7. The molecule has 3 rings (SSSR count). The Labute approximate surface area is 143 Å². The van der Waals surface area contributed by atoms with Crippen molar-refractivity contribution >= 4 is 17.7 Å². The van der Waals surface area contributed by atoms with E-state index in [9.17, 15) is 4.79 Å². The van der Waals surface area contributed by atoms with Crippen LogP contribution in [0.5, 0.6) is 0 Å². The van der Waals surface area contributed by atoms with Gasteiger partial charge in [0, 0.05) is 24.5 Å². The topological polar surface area (TPSA) is 80.9 Å². The van der Waals surface area contributed by atoms with Crippen LogP contribution >= 0.6 is 11.8 Å². The third-order valence-corrected chi connectivity index (χ3v) is 4.06. The van der Waals surface area contributed by atoms with Crippen molar-refractivity contribution in [3.63, 3.8) is 0 Å². The van der Waals surface area contributed by atoms with Gasteiger partial charge in [0.05, 0.1) is 5.75 Å². The molecule has 0 spiro atoms. The number of nitrogens with one attached hydrogen (secondary N) is 1. The van der Waals surface area contributed by atoms with Gasteiger partial charge in [0.25, 0.3) is 5.22 Å². The molecule has 2 heterocycles. The van der Waals surface area contributed by atoms with Crippen LogP contribution in [0.2, 0.25) is 0 Å². The maximum absolute atomic E-state index is 11.9. The zero-order valence-corrected chi connectivity index (χ0v) is 13.7. The van der Waals surface area contributed by atoms with E-state index in [0.29, 0.717) is 17.7 Å². The van der Waals surface area contributed by atoms with Crippen molar-refractivity contribution in [2.75, 3.05) is 12.3 Å². The third-order valence-electron chi connectivity index (χ3n) is 3.24. The van der Waals surface area contributed by atoms with Gasteiger partial charge in [-0.25, -0.2) is 0 Å². The van der Waals surface area contributed by atoms with E-state index in [1.165, 1.54) is 17.3 Å². The summed E-state index contributed by atoms with van der Waals surface area (Å²) in [6, 6.07) is 13.6. The van der Waals surface area contributed by atoms with Gasteiger partial charge in [-0.15, -0.1) is 10.2 Å². The standard InChI is InChI=1S/C17H16N4O2S/c22-15(19-11-6-13-4-2-1-3-5-13)12-24-17-21-20-16(23-17)14-7-9-18-10-8-14/h1-5,7-10H,6,11-12H2,(H,19,22). The van der Waals surface area contributed by atoms with Gasteiger partial charge in [-0.2, -0.15) is 0 Å². The Balaban J connectivity index is 1.42. The van der Waals surface area contributed by atoms with Crippen molar-refractivity contribution in [2.24, 2.45) is 0 Å². The van der Waals surface area contributed by atoms with E-state index in [1.807, 2.05) is 30.3 Å². The highest BCUT2D eigenvalue weighted by Gasteiger charge is 2.10. The van der Waals surface area contributed by atoms with E-state index in [2.05, 4.69) is 20.5 Å². The average Bonchev–Trinajstić information content (AvgIpc) is 3.11. The first-order valence-corrected chi connectivity index (χ1v) is 8.47. The lowest BCUT2D eigenvalue weighted by molar-refractivity contribution is -0.118. The van der Waals surface area contributed by atoms with Crippen molar-refractivity contribution in [2.45, 2.75) is 11.6 Å². The van der Waals surface area contributed by atoms with Crippen LogP contribution in [0.3, 0.4) is 0 Å². The molecule has 0 atom stereocenters. The van der Waals surface area contributed by atoms with Crippen LogP contribution in [0.15, 0.2) is 64.5 Å². The number of amides is 1. The predicted molar refractivity (Wildman–Crippen MR) is 91.4 cm³/mol. The molecule has 1 aromatic carbocycles. The number of thioether (sulfide) groups is 1. The zero-order chi connectivity index (χ0) is 16.6. The second-order valence-electron chi connectivity index (χ2n) is 4.98. The summed E-state index contributed by atoms with van der Waals surface area (Å²) < 4.78 is 5.53. The van der Waals surface area contributed by atoms with Gasteiger partial charge in [0.1, 0.15) is 0 Å². The molecule has 7 heteroatoms. The minimum absolute atomic E-state index is 0.0559. The van der Waals surface area contributed by atoms with Gasteiger partial charge in [-0.05, 0) is 24.1 Å². The van der Waals surface area contributed by atoms with Crippen molar-refractivity contribution in [1.82, 2.24) is 20.5 Å². The monoisotopic (exact) mass is 340 g/mol. The van der Waals surface area contributed by atoms with Crippen molar-refractivity contribution in [3.8, 4) is 11.5 Å². The van der Waals surface area contributed by atoms with Crippen molar-refractivity contribution in [1.29, 1.82) is 0 Å². The van der Waals surface area contributed by atoms with E-state index in [4.69, 9.17) is 4.42 Å². The van der Waals surface area contributed by atoms with Crippen LogP contribution in [0.25, 0.3) is 11.5 Å². The molecule has 3 aromatic rings. The highest BCUT2D eigenvalue weighted by molar-refractivity contribution is 7.99. The fourth-order valence-electron chi connectivity index (χ4n) is 2.05. The van der Waals surface area contributed by atoms with Gasteiger partial charge >= 0.3 is 0 Å². The van der Waals surface area contributed by atoms with Crippen LogP contribution in [-0.4, -0.2) is 33.4 Å².